The molecule has 2 heterocycles. The van der Waals surface area contributed by atoms with Gasteiger partial charge in [-0.25, -0.2) is 4.98 Å². The van der Waals surface area contributed by atoms with Crippen LogP contribution in [-0.4, -0.2) is 30.9 Å². The normalized spacial score (nSPS) is 11.0. The van der Waals surface area contributed by atoms with Gasteiger partial charge in [0.25, 0.3) is 0 Å². The van der Waals surface area contributed by atoms with Crippen LogP contribution in [0.2, 0.25) is 0 Å². The van der Waals surface area contributed by atoms with E-state index in [1.54, 1.807) is 38.3 Å². The van der Waals surface area contributed by atoms with Crippen molar-refractivity contribution in [2.75, 3.05) is 19.1 Å². The van der Waals surface area contributed by atoms with Crippen molar-refractivity contribution >= 4 is 40.4 Å². The van der Waals surface area contributed by atoms with Crippen LogP contribution in [0, 0.1) is 0 Å². The molecule has 3 rings (SSSR count). The fourth-order valence-corrected chi connectivity index (χ4v) is 4.18. The Bertz CT molecular complexity index is 971. The molecule has 0 spiro atoms. The largest absolute Gasteiger partial charge is 0.496 e. The highest BCUT2D eigenvalue weighted by Gasteiger charge is 2.08. The van der Waals surface area contributed by atoms with Gasteiger partial charge in [-0.05, 0) is 42.8 Å². The van der Waals surface area contributed by atoms with Crippen LogP contribution in [0.25, 0.3) is 0 Å². The molecule has 1 aromatic carbocycles. The van der Waals surface area contributed by atoms with E-state index in [9.17, 15) is 4.79 Å². The van der Waals surface area contributed by atoms with Gasteiger partial charge in [0.2, 0.25) is 5.13 Å². The van der Waals surface area contributed by atoms with E-state index < -0.39 is 0 Å². The number of anilines is 1. The highest BCUT2D eigenvalue weighted by atomic mass is 32.2. The Kier molecular flexibility index (Phi) is 8.34. The molecule has 2 aromatic heterocycles. The lowest BCUT2D eigenvalue weighted by Gasteiger charge is -2.09. The number of nitrogens with one attached hydrogen (secondary N) is 1. The third-order valence-corrected chi connectivity index (χ3v) is 5.74. The molecule has 30 heavy (non-hydrogen) atoms. The maximum Gasteiger partial charge on any atom is 0.311 e. The molecular weight excluding hydrogens is 422 g/mol. The summed E-state index contributed by atoms with van der Waals surface area (Å²) in [5.41, 5.74) is 5.60. The first-order valence-electron chi connectivity index (χ1n) is 9.34. The minimum absolute atomic E-state index is 0.160. The Morgan fingerprint density at radius 1 is 1.37 bits per heavy atom. The Labute approximate surface area is 183 Å². The van der Waals surface area contributed by atoms with E-state index in [-0.39, 0.29) is 12.4 Å². The number of thioether (sulfide) groups is 1. The molecule has 9 heteroatoms. The SMILES string of the molecule is CCOC(=O)Cc1csc(NN=Cc2ccc(OC)c(CSCc3ccco3)c2)n1. The molecule has 0 atom stereocenters. The number of carbonyl (C=O) groups excluding carboxylic acids is 1. The predicted octanol–water partition coefficient (Wildman–Crippen LogP) is 4.73. The summed E-state index contributed by atoms with van der Waals surface area (Å²) in [6.07, 6.45) is 3.57. The summed E-state index contributed by atoms with van der Waals surface area (Å²) in [5, 5.41) is 6.69. The number of carbonyl (C=O) groups is 1. The highest BCUT2D eigenvalue weighted by molar-refractivity contribution is 7.97. The monoisotopic (exact) mass is 445 g/mol. The molecule has 0 saturated heterocycles. The molecule has 0 bridgehead atoms. The fraction of sp³-hybridized carbons (Fsp3) is 0.286. The predicted molar refractivity (Wildman–Crippen MR) is 120 cm³/mol. The summed E-state index contributed by atoms with van der Waals surface area (Å²) in [5.74, 6) is 3.10. The molecular formula is C21H23N3O4S2. The number of ether oxygens (including phenoxy) is 2. The first-order valence-corrected chi connectivity index (χ1v) is 11.4. The van der Waals surface area contributed by atoms with Crippen molar-refractivity contribution in [3.05, 3.63) is 64.6 Å². The zero-order chi connectivity index (χ0) is 21.2. The van der Waals surface area contributed by atoms with E-state index in [1.165, 1.54) is 11.3 Å². The van der Waals surface area contributed by atoms with Crippen LogP contribution in [0.15, 0.2) is 51.5 Å². The molecule has 0 saturated carbocycles. The number of hydrogen-bond acceptors (Lipinski definition) is 9. The Morgan fingerprint density at radius 3 is 3.03 bits per heavy atom. The first-order chi connectivity index (χ1) is 14.7. The van der Waals surface area contributed by atoms with Gasteiger partial charge in [-0.2, -0.15) is 5.10 Å². The van der Waals surface area contributed by atoms with Crippen LogP contribution in [0.4, 0.5) is 5.13 Å². The van der Waals surface area contributed by atoms with E-state index in [4.69, 9.17) is 13.9 Å². The number of hydrogen-bond donors (Lipinski definition) is 1. The van der Waals surface area contributed by atoms with Gasteiger partial charge in [-0.1, -0.05) is 0 Å². The number of benzene rings is 1. The third-order valence-electron chi connectivity index (χ3n) is 3.94. The van der Waals surface area contributed by atoms with Gasteiger partial charge in [0.05, 0.1) is 44.1 Å². The molecule has 0 aliphatic carbocycles. The Morgan fingerprint density at radius 2 is 2.27 bits per heavy atom. The number of rotatable bonds is 11. The van der Waals surface area contributed by atoms with Crippen LogP contribution in [-0.2, 0) is 27.5 Å². The minimum Gasteiger partial charge on any atom is -0.496 e. The van der Waals surface area contributed by atoms with Crippen LogP contribution in [0.5, 0.6) is 5.75 Å². The third kappa shape index (κ3) is 6.64. The second-order valence-electron chi connectivity index (χ2n) is 6.14. The van der Waals surface area contributed by atoms with E-state index in [0.29, 0.717) is 17.4 Å². The molecule has 1 N–H and O–H groups in total. The van der Waals surface area contributed by atoms with Gasteiger partial charge >= 0.3 is 5.97 Å². The molecule has 158 valence electrons. The lowest BCUT2D eigenvalue weighted by Crippen LogP contribution is -2.07. The Balaban J connectivity index is 1.56. The van der Waals surface area contributed by atoms with Crippen molar-refractivity contribution in [3.63, 3.8) is 0 Å². The topological polar surface area (TPSA) is 86.0 Å². The zero-order valence-electron chi connectivity index (χ0n) is 16.8. The second-order valence-corrected chi connectivity index (χ2v) is 7.98. The number of hydrazone groups is 1. The lowest BCUT2D eigenvalue weighted by atomic mass is 10.1. The molecule has 7 nitrogen and oxygen atoms in total. The number of aromatic nitrogens is 1. The van der Waals surface area contributed by atoms with Crippen LogP contribution >= 0.6 is 23.1 Å². The van der Waals surface area contributed by atoms with Crippen molar-refractivity contribution in [2.45, 2.75) is 24.9 Å². The minimum atomic E-state index is -0.284. The number of nitrogens with zero attached hydrogens (tertiary/aromatic N) is 2. The molecule has 0 unspecified atom stereocenters. The average Bonchev–Trinajstić information content (AvgIpc) is 3.41. The van der Waals surface area contributed by atoms with Gasteiger partial charge < -0.3 is 13.9 Å². The molecule has 0 radical (unpaired) electrons. The van der Waals surface area contributed by atoms with E-state index in [0.717, 1.165) is 34.1 Å². The number of methoxy groups -OCH3 is 1. The summed E-state index contributed by atoms with van der Waals surface area (Å²) >= 11 is 3.14. The Hall–Kier alpha value is -2.78. The van der Waals surface area contributed by atoms with Crippen LogP contribution in [0.3, 0.4) is 0 Å². The van der Waals surface area contributed by atoms with Crippen molar-refractivity contribution in [1.82, 2.24) is 4.98 Å². The molecule has 0 aliphatic heterocycles. The molecule has 3 aromatic rings. The van der Waals surface area contributed by atoms with Crippen molar-refractivity contribution in [1.29, 1.82) is 0 Å². The molecule has 0 aliphatic rings. The van der Waals surface area contributed by atoms with Crippen LogP contribution < -0.4 is 10.2 Å². The quantitative estimate of drug-likeness (QED) is 0.259. The summed E-state index contributed by atoms with van der Waals surface area (Å²) in [6.45, 7) is 2.15. The number of esters is 1. The van der Waals surface area contributed by atoms with E-state index in [2.05, 4.69) is 15.5 Å². The average molecular weight is 446 g/mol. The van der Waals surface area contributed by atoms with Gasteiger partial charge in [0.15, 0.2) is 0 Å². The first kappa shape index (κ1) is 21.9. The summed E-state index contributed by atoms with van der Waals surface area (Å²) < 4.78 is 15.8. The standard InChI is InChI=1S/C21H23N3O4S2/c1-3-27-20(25)10-17-13-30-21(23-17)24-22-11-15-6-7-19(26-2)16(9-15)12-29-14-18-5-4-8-28-18/h4-9,11,13H,3,10,12,14H2,1-2H3,(H,23,24). The summed E-state index contributed by atoms with van der Waals surface area (Å²) in [7, 11) is 1.67. The smallest absolute Gasteiger partial charge is 0.311 e. The van der Waals surface area contributed by atoms with Crippen molar-refractivity contribution in [3.8, 4) is 5.75 Å². The van der Waals surface area contributed by atoms with Crippen molar-refractivity contribution < 1.29 is 18.7 Å². The van der Waals surface area contributed by atoms with Gasteiger partial charge in [-0.3, -0.25) is 10.2 Å². The van der Waals surface area contributed by atoms with E-state index >= 15 is 0 Å². The van der Waals surface area contributed by atoms with Gasteiger partial charge in [-0.15, -0.1) is 23.1 Å². The summed E-state index contributed by atoms with van der Waals surface area (Å²) in [4.78, 5) is 15.9. The van der Waals surface area contributed by atoms with Crippen molar-refractivity contribution in [2.24, 2.45) is 5.10 Å². The molecule has 0 fully saturated rings. The second kappa shape index (κ2) is 11.4. The fourth-order valence-electron chi connectivity index (χ4n) is 2.61. The lowest BCUT2D eigenvalue weighted by molar-refractivity contribution is -0.142. The highest BCUT2D eigenvalue weighted by Crippen LogP contribution is 2.26. The van der Waals surface area contributed by atoms with Gasteiger partial charge in [0.1, 0.15) is 11.5 Å². The summed E-state index contributed by atoms with van der Waals surface area (Å²) in [6, 6.07) is 9.79. The van der Waals surface area contributed by atoms with E-state index in [1.807, 2.05) is 35.7 Å². The maximum atomic E-state index is 11.5. The maximum absolute atomic E-state index is 11.5. The van der Waals surface area contributed by atoms with Crippen LogP contribution in [0.1, 0.15) is 29.5 Å². The number of thiazole rings is 1. The number of furan rings is 1. The molecule has 0 amide bonds. The van der Waals surface area contributed by atoms with Gasteiger partial charge in [0, 0.05) is 16.7 Å². The zero-order valence-corrected chi connectivity index (χ0v) is 18.4.